The molecule has 2 aromatic carbocycles. The second-order valence-corrected chi connectivity index (χ2v) is 8.97. The van der Waals surface area contributed by atoms with Crippen molar-refractivity contribution < 1.29 is 0 Å². The molecule has 29 heavy (non-hydrogen) atoms. The summed E-state index contributed by atoms with van der Waals surface area (Å²) in [6.07, 6.45) is 5.73. The van der Waals surface area contributed by atoms with Crippen LogP contribution in [-0.4, -0.2) is 22.1 Å². The summed E-state index contributed by atoms with van der Waals surface area (Å²) >= 11 is 4.58. The predicted molar refractivity (Wildman–Crippen MR) is 129 cm³/mol. The molecule has 0 fully saturated rings. The Kier molecular flexibility index (Phi) is 5.79. The van der Waals surface area contributed by atoms with Crippen molar-refractivity contribution in [1.29, 1.82) is 0 Å². The maximum atomic E-state index is 4.58. The normalized spacial score (nSPS) is 11.8. The topological polar surface area (TPSA) is 37.8 Å². The molecule has 0 saturated carbocycles. The van der Waals surface area contributed by atoms with Crippen LogP contribution in [0.4, 0.5) is 11.4 Å². The van der Waals surface area contributed by atoms with Crippen molar-refractivity contribution in [2.24, 2.45) is 0 Å². The highest BCUT2D eigenvalue weighted by molar-refractivity contribution is 8.13. The molecule has 1 atom stereocenters. The second-order valence-electron chi connectivity index (χ2n) is 6.71. The third-order valence-electron chi connectivity index (χ3n) is 4.44. The molecular formula is C24H21N3S2. The molecule has 4 rings (SSSR count). The van der Waals surface area contributed by atoms with Gasteiger partial charge in [-0.3, -0.25) is 9.97 Å². The van der Waals surface area contributed by atoms with E-state index in [1.807, 2.05) is 54.7 Å². The van der Waals surface area contributed by atoms with E-state index in [-0.39, 0.29) is 10.5 Å². The first-order valence-electron chi connectivity index (χ1n) is 9.13. The van der Waals surface area contributed by atoms with Crippen LogP contribution in [-0.2, 0) is 0 Å². The average molecular weight is 416 g/mol. The van der Waals surface area contributed by atoms with Gasteiger partial charge in [0, 0.05) is 44.7 Å². The molecule has 1 N–H and O–H groups in total. The van der Waals surface area contributed by atoms with Crippen LogP contribution in [0.5, 0.6) is 0 Å². The molecule has 0 spiro atoms. The largest absolute Gasteiger partial charge is 0.355 e. The smallest absolute Gasteiger partial charge is 0.0703 e. The summed E-state index contributed by atoms with van der Waals surface area (Å²) in [6.45, 7) is 0. The number of benzene rings is 2. The van der Waals surface area contributed by atoms with Crippen molar-refractivity contribution in [3.05, 3.63) is 85.2 Å². The van der Waals surface area contributed by atoms with E-state index in [4.69, 9.17) is 0 Å². The number of hydrogen-bond acceptors (Lipinski definition) is 4. The highest BCUT2D eigenvalue weighted by atomic mass is 32.2. The molecule has 0 amide bonds. The van der Waals surface area contributed by atoms with Gasteiger partial charge in [0.05, 0.1) is 11.4 Å². The fourth-order valence-electron chi connectivity index (χ4n) is 3.09. The number of thiol groups is 1. The summed E-state index contributed by atoms with van der Waals surface area (Å²) in [4.78, 5) is 11.0. The number of rotatable bonds is 5. The molecule has 1 unspecified atom stereocenters. The maximum absolute atomic E-state index is 4.58. The van der Waals surface area contributed by atoms with Gasteiger partial charge in [-0.25, -0.2) is 0 Å². The van der Waals surface area contributed by atoms with Crippen molar-refractivity contribution in [3.63, 3.8) is 0 Å². The monoisotopic (exact) mass is 415 g/mol. The van der Waals surface area contributed by atoms with Crippen LogP contribution in [0.25, 0.3) is 22.5 Å². The van der Waals surface area contributed by atoms with E-state index >= 15 is 0 Å². The zero-order valence-electron chi connectivity index (χ0n) is 16.0. The van der Waals surface area contributed by atoms with Gasteiger partial charge in [0.1, 0.15) is 0 Å². The van der Waals surface area contributed by atoms with E-state index in [1.54, 1.807) is 6.20 Å². The van der Waals surface area contributed by atoms with Gasteiger partial charge >= 0.3 is 0 Å². The van der Waals surface area contributed by atoms with Gasteiger partial charge in [0.25, 0.3) is 0 Å². The van der Waals surface area contributed by atoms with Gasteiger partial charge in [-0.2, -0.15) is 10.5 Å². The van der Waals surface area contributed by atoms with Gasteiger partial charge < -0.3 is 5.32 Å². The van der Waals surface area contributed by atoms with Gasteiger partial charge in [0.15, 0.2) is 0 Å². The van der Waals surface area contributed by atoms with Crippen LogP contribution in [0, 0.1) is 0 Å². The number of nitrogens with zero attached hydrogens (tertiary/aromatic N) is 2. The summed E-state index contributed by atoms with van der Waals surface area (Å²) in [5.74, 6) is 4.22. The maximum Gasteiger partial charge on any atom is 0.0703 e. The standard InChI is InChI=1S/C24H21N3S2/c1-29(2)22-14-18(24-8-4-6-10-26-24)12-20(16-22)27-19-11-17(13-21(28)15-19)23-7-3-5-9-25-23/h3-16,27-28H,1H2,2H3. The van der Waals surface area contributed by atoms with Crippen LogP contribution in [0.2, 0.25) is 0 Å². The Morgan fingerprint density at radius 2 is 1.38 bits per heavy atom. The van der Waals surface area contributed by atoms with Gasteiger partial charge in [-0.05, 0) is 66.9 Å². The predicted octanol–water partition coefficient (Wildman–Crippen LogP) is 6.53. The molecule has 0 aliphatic carbocycles. The molecule has 2 heterocycles. The van der Waals surface area contributed by atoms with Gasteiger partial charge in [0.2, 0.25) is 0 Å². The fraction of sp³-hybridized carbons (Fsp3) is 0.0417. The molecule has 2 aromatic heterocycles. The van der Waals surface area contributed by atoms with Crippen molar-refractivity contribution in [2.45, 2.75) is 9.79 Å². The van der Waals surface area contributed by atoms with E-state index < -0.39 is 0 Å². The van der Waals surface area contributed by atoms with E-state index in [1.165, 1.54) is 4.90 Å². The minimum Gasteiger partial charge on any atom is -0.355 e. The number of anilines is 2. The minimum atomic E-state index is -0.113. The molecule has 144 valence electrons. The lowest BCUT2D eigenvalue weighted by Gasteiger charge is -2.14. The van der Waals surface area contributed by atoms with Crippen LogP contribution in [0.3, 0.4) is 0 Å². The van der Waals surface area contributed by atoms with Gasteiger partial charge in [-0.15, -0.1) is 12.6 Å². The van der Waals surface area contributed by atoms with E-state index in [9.17, 15) is 0 Å². The Hall–Kier alpha value is -2.89. The SMILES string of the molecule is C=S(C)c1cc(Nc2cc(S)cc(-c3ccccn3)c2)cc(-c2ccccn2)c1. The fourth-order valence-corrected chi connectivity index (χ4v) is 4.02. The Morgan fingerprint density at radius 3 is 1.93 bits per heavy atom. The lowest BCUT2D eigenvalue weighted by Crippen LogP contribution is -1.94. The first kappa shape index (κ1) is 19.4. The van der Waals surface area contributed by atoms with Crippen molar-refractivity contribution in [2.75, 3.05) is 11.6 Å². The lowest BCUT2D eigenvalue weighted by atomic mass is 10.1. The molecule has 5 heteroatoms. The number of aromatic nitrogens is 2. The summed E-state index contributed by atoms with van der Waals surface area (Å²) < 4.78 is 0. The molecule has 0 bridgehead atoms. The quantitative estimate of drug-likeness (QED) is 0.287. The Morgan fingerprint density at radius 1 is 0.793 bits per heavy atom. The number of nitrogens with one attached hydrogen (secondary N) is 1. The third kappa shape index (κ3) is 4.75. The number of pyridine rings is 2. The van der Waals surface area contributed by atoms with Crippen LogP contribution in [0.1, 0.15) is 0 Å². The van der Waals surface area contributed by atoms with E-state index in [0.717, 1.165) is 38.8 Å². The third-order valence-corrected chi connectivity index (χ3v) is 5.74. The second kappa shape index (κ2) is 8.64. The van der Waals surface area contributed by atoms with Gasteiger partial charge in [-0.1, -0.05) is 18.0 Å². The summed E-state index contributed by atoms with van der Waals surface area (Å²) in [7, 11) is -0.113. The lowest BCUT2D eigenvalue weighted by molar-refractivity contribution is 1.30. The molecule has 0 radical (unpaired) electrons. The first-order valence-corrected chi connectivity index (χ1v) is 11.4. The zero-order chi connectivity index (χ0) is 20.2. The average Bonchev–Trinajstić information content (AvgIpc) is 2.74. The van der Waals surface area contributed by atoms with Crippen LogP contribution >= 0.6 is 23.1 Å². The molecule has 0 saturated heterocycles. The molecule has 0 aliphatic rings. The molecule has 4 aromatic rings. The summed E-state index contributed by atoms with van der Waals surface area (Å²) in [6, 6.07) is 24.4. The molecular weight excluding hydrogens is 394 g/mol. The minimum absolute atomic E-state index is 0.113. The highest BCUT2D eigenvalue weighted by Gasteiger charge is 2.07. The molecule has 0 aliphatic heterocycles. The van der Waals surface area contributed by atoms with Crippen LogP contribution in [0.15, 0.2) is 95.0 Å². The Labute approximate surface area is 179 Å². The Bertz CT molecular complexity index is 1160. The van der Waals surface area contributed by atoms with Crippen molar-refractivity contribution in [1.82, 2.24) is 9.97 Å². The van der Waals surface area contributed by atoms with E-state index in [0.29, 0.717) is 0 Å². The van der Waals surface area contributed by atoms with Crippen molar-refractivity contribution in [3.8, 4) is 22.5 Å². The van der Waals surface area contributed by atoms with E-state index in [2.05, 4.69) is 64.3 Å². The zero-order valence-corrected chi connectivity index (χ0v) is 17.8. The highest BCUT2D eigenvalue weighted by Crippen LogP contribution is 2.33. The summed E-state index contributed by atoms with van der Waals surface area (Å²) in [5.41, 5.74) is 5.91. The Balaban J connectivity index is 1.73. The van der Waals surface area contributed by atoms with Crippen molar-refractivity contribution >= 4 is 40.4 Å². The number of hydrogen-bond donors (Lipinski definition) is 2. The first-order chi connectivity index (χ1) is 14.1. The van der Waals surface area contributed by atoms with Crippen LogP contribution < -0.4 is 5.32 Å². The molecule has 3 nitrogen and oxygen atoms in total. The summed E-state index contributed by atoms with van der Waals surface area (Å²) in [5, 5.41) is 3.53.